The smallest absolute Gasteiger partial charge is 0.317 e. The van der Waals surface area contributed by atoms with Crippen LogP contribution in [0.2, 0.25) is 0 Å². The zero-order valence-electron chi connectivity index (χ0n) is 15.6. The molecule has 2 atom stereocenters. The lowest BCUT2D eigenvalue weighted by atomic mass is 9.82. The van der Waals surface area contributed by atoms with Crippen molar-refractivity contribution < 1.29 is 9.32 Å². The second kappa shape index (κ2) is 8.10. The number of hydrogen-bond acceptors (Lipinski definition) is 5. The van der Waals surface area contributed by atoms with Gasteiger partial charge in [-0.05, 0) is 31.2 Å². The molecule has 0 radical (unpaired) electrons. The highest BCUT2D eigenvalue weighted by Crippen LogP contribution is 2.32. The van der Waals surface area contributed by atoms with Gasteiger partial charge >= 0.3 is 6.03 Å². The van der Waals surface area contributed by atoms with Gasteiger partial charge in [-0.25, -0.2) is 4.79 Å². The molecular formula is C20H27N5O2. The average molecular weight is 369 g/mol. The highest BCUT2D eigenvalue weighted by molar-refractivity contribution is 5.74. The first-order valence-electron chi connectivity index (χ1n) is 9.69. The Labute approximate surface area is 159 Å². The van der Waals surface area contributed by atoms with Crippen LogP contribution in [0.15, 0.2) is 40.9 Å². The van der Waals surface area contributed by atoms with Crippen LogP contribution >= 0.6 is 0 Å². The third-order valence-corrected chi connectivity index (χ3v) is 5.66. The van der Waals surface area contributed by atoms with Crippen molar-refractivity contribution in [1.82, 2.24) is 26.2 Å². The predicted octanol–water partition coefficient (Wildman–Crippen LogP) is 2.16. The summed E-state index contributed by atoms with van der Waals surface area (Å²) in [5.74, 6) is 1.74. The number of nitrogens with one attached hydrogen (secondary N) is 3. The van der Waals surface area contributed by atoms with Crippen molar-refractivity contribution in [3.05, 3.63) is 53.4 Å². The Kier molecular flexibility index (Phi) is 5.40. The molecule has 27 heavy (non-hydrogen) atoms. The van der Waals surface area contributed by atoms with Gasteiger partial charge in [0.05, 0.1) is 11.6 Å². The highest BCUT2D eigenvalue weighted by Gasteiger charge is 2.38. The molecule has 2 unspecified atom stereocenters. The number of piperidine rings is 1. The molecule has 2 fully saturated rings. The Morgan fingerprint density at radius 2 is 2.07 bits per heavy atom. The van der Waals surface area contributed by atoms with Crippen molar-refractivity contribution >= 4 is 6.03 Å². The van der Waals surface area contributed by atoms with Crippen LogP contribution in [0.3, 0.4) is 0 Å². The van der Waals surface area contributed by atoms with Gasteiger partial charge in [-0.15, -0.1) is 0 Å². The van der Waals surface area contributed by atoms with Crippen molar-refractivity contribution in [2.24, 2.45) is 5.92 Å². The SMILES string of the molecule is Cc1cc(C2CNNC2C2CCN(C(=O)NCc3ccccc3)CC2)on1. The van der Waals surface area contributed by atoms with Gasteiger partial charge in [0.2, 0.25) is 0 Å². The van der Waals surface area contributed by atoms with Gasteiger partial charge in [0.25, 0.3) is 0 Å². The summed E-state index contributed by atoms with van der Waals surface area (Å²) in [6.45, 7) is 4.93. The number of likely N-dealkylation sites (tertiary alicyclic amines) is 1. The molecular weight excluding hydrogens is 342 g/mol. The van der Waals surface area contributed by atoms with Crippen LogP contribution in [0.4, 0.5) is 4.79 Å². The van der Waals surface area contributed by atoms with E-state index < -0.39 is 0 Å². The van der Waals surface area contributed by atoms with E-state index in [1.54, 1.807) is 0 Å². The largest absolute Gasteiger partial charge is 0.361 e. The first-order valence-corrected chi connectivity index (χ1v) is 9.69. The molecule has 3 heterocycles. The van der Waals surface area contributed by atoms with Crippen LogP contribution in [0.5, 0.6) is 0 Å². The number of carbonyl (C=O) groups is 1. The Hall–Kier alpha value is -2.38. The second-order valence-electron chi connectivity index (χ2n) is 7.50. The molecule has 2 amide bonds. The number of nitrogens with zero attached hydrogens (tertiary/aromatic N) is 2. The summed E-state index contributed by atoms with van der Waals surface area (Å²) in [5.41, 5.74) is 8.72. The van der Waals surface area contributed by atoms with Crippen molar-refractivity contribution in [2.75, 3.05) is 19.6 Å². The molecule has 144 valence electrons. The number of amides is 2. The lowest BCUT2D eigenvalue weighted by molar-refractivity contribution is 0.154. The van der Waals surface area contributed by atoms with Crippen molar-refractivity contribution in [3.63, 3.8) is 0 Å². The number of benzene rings is 1. The lowest BCUT2D eigenvalue weighted by Crippen LogP contribution is -2.48. The summed E-state index contributed by atoms with van der Waals surface area (Å²) in [5, 5.41) is 7.06. The van der Waals surface area contributed by atoms with Crippen LogP contribution in [0.25, 0.3) is 0 Å². The molecule has 0 aliphatic carbocycles. The van der Waals surface area contributed by atoms with Gasteiger partial charge < -0.3 is 14.7 Å². The maximum absolute atomic E-state index is 12.5. The zero-order valence-corrected chi connectivity index (χ0v) is 15.6. The minimum atomic E-state index is 0.0252. The predicted molar refractivity (Wildman–Crippen MR) is 102 cm³/mol. The minimum Gasteiger partial charge on any atom is -0.361 e. The third kappa shape index (κ3) is 4.14. The zero-order chi connectivity index (χ0) is 18.6. The van der Waals surface area contributed by atoms with Crippen LogP contribution < -0.4 is 16.2 Å². The number of hydrazine groups is 1. The van der Waals surface area contributed by atoms with Crippen molar-refractivity contribution in [3.8, 4) is 0 Å². The van der Waals surface area contributed by atoms with E-state index in [0.717, 1.165) is 49.5 Å². The molecule has 2 saturated heterocycles. The monoisotopic (exact) mass is 369 g/mol. The Morgan fingerprint density at radius 3 is 2.78 bits per heavy atom. The van der Waals surface area contributed by atoms with Crippen LogP contribution in [0, 0.1) is 12.8 Å². The molecule has 1 aromatic carbocycles. The maximum Gasteiger partial charge on any atom is 0.317 e. The highest BCUT2D eigenvalue weighted by atomic mass is 16.5. The number of urea groups is 1. The van der Waals surface area contributed by atoms with E-state index in [4.69, 9.17) is 4.52 Å². The number of aromatic nitrogens is 1. The topological polar surface area (TPSA) is 82.4 Å². The first kappa shape index (κ1) is 18.0. The minimum absolute atomic E-state index is 0.0252. The van der Waals surface area contributed by atoms with Gasteiger partial charge in [-0.3, -0.25) is 10.9 Å². The van der Waals surface area contributed by atoms with Crippen molar-refractivity contribution in [1.29, 1.82) is 0 Å². The third-order valence-electron chi connectivity index (χ3n) is 5.66. The molecule has 2 aromatic rings. The quantitative estimate of drug-likeness (QED) is 0.769. The molecule has 7 heteroatoms. The van der Waals surface area contributed by atoms with Crippen LogP contribution in [-0.4, -0.2) is 41.8 Å². The standard InChI is InChI=1S/C20H27N5O2/c1-14-11-18(27-24-14)17-13-22-23-19(17)16-7-9-25(10-8-16)20(26)21-12-15-5-3-2-4-6-15/h2-6,11,16-17,19,22-23H,7-10,12-13H2,1H3,(H,21,26). The van der Waals surface area contributed by atoms with E-state index in [0.29, 0.717) is 18.5 Å². The van der Waals surface area contributed by atoms with Gasteiger partial charge in [0.15, 0.2) is 0 Å². The van der Waals surface area contributed by atoms with Crippen LogP contribution in [-0.2, 0) is 6.54 Å². The van der Waals surface area contributed by atoms with Gasteiger partial charge in [-0.2, -0.15) is 0 Å². The number of rotatable bonds is 4. The lowest BCUT2D eigenvalue weighted by Gasteiger charge is -2.36. The number of hydrogen-bond donors (Lipinski definition) is 3. The first-order chi connectivity index (χ1) is 13.2. The molecule has 0 saturated carbocycles. The fourth-order valence-corrected chi connectivity index (χ4v) is 4.14. The molecule has 0 bridgehead atoms. The van der Waals surface area contributed by atoms with E-state index in [9.17, 15) is 4.79 Å². The maximum atomic E-state index is 12.5. The second-order valence-corrected chi connectivity index (χ2v) is 7.50. The van der Waals surface area contributed by atoms with E-state index in [1.807, 2.05) is 48.2 Å². The van der Waals surface area contributed by atoms with Gasteiger partial charge in [0, 0.05) is 38.3 Å². The molecule has 3 N–H and O–H groups in total. The Morgan fingerprint density at radius 1 is 1.30 bits per heavy atom. The van der Waals surface area contributed by atoms with Gasteiger partial charge in [-0.1, -0.05) is 35.5 Å². The normalized spacial score (nSPS) is 23.5. The van der Waals surface area contributed by atoms with E-state index >= 15 is 0 Å². The average Bonchev–Trinajstić information content (AvgIpc) is 3.36. The van der Waals surface area contributed by atoms with Crippen LogP contribution in [0.1, 0.15) is 35.8 Å². The molecule has 7 nitrogen and oxygen atoms in total. The summed E-state index contributed by atoms with van der Waals surface area (Å²) in [6, 6.07) is 12.4. The molecule has 2 aliphatic rings. The van der Waals surface area contributed by atoms with E-state index in [-0.39, 0.29) is 11.9 Å². The fourth-order valence-electron chi connectivity index (χ4n) is 4.14. The number of aryl methyl sites for hydroxylation is 1. The summed E-state index contributed by atoms with van der Waals surface area (Å²) >= 11 is 0. The van der Waals surface area contributed by atoms with E-state index in [1.165, 1.54) is 0 Å². The fraction of sp³-hybridized carbons (Fsp3) is 0.500. The summed E-state index contributed by atoms with van der Waals surface area (Å²) in [7, 11) is 0. The molecule has 2 aliphatic heterocycles. The van der Waals surface area contributed by atoms with Gasteiger partial charge in [0.1, 0.15) is 5.76 Å². The molecule has 4 rings (SSSR count). The Bertz CT molecular complexity index is 755. The summed E-state index contributed by atoms with van der Waals surface area (Å²) in [6.07, 6.45) is 1.98. The molecule has 1 aromatic heterocycles. The summed E-state index contributed by atoms with van der Waals surface area (Å²) < 4.78 is 5.50. The van der Waals surface area contributed by atoms with Crippen molar-refractivity contribution in [2.45, 2.75) is 38.3 Å². The number of carbonyl (C=O) groups excluding carboxylic acids is 1. The molecule has 0 spiro atoms. The van der Waals surface area contributed by atoms with E-state index in [2.05, 4.69) is 21.3 Å². The Balaban J connectivity index is 1.29. The summed E-state index contributed by atoms with van der Waals surface area (Å²) in [4.78, 5) is 14.4.